The van der Waals surface area contributed by atoms with Crippen molar-refractivity contribution in [3.8, 4) is 0 Å². The Kier molecular flexibility index (Phi) is 3.79. The molecular weight excluding hydrogens is 212 g/mol. The summed E-state index contributed by atoms with van der Waals surface area (Å²) in [5.74, 6) is 0. The number of aromatic nitrogens is 1. The van der Waals surface area contributed by atoms with Crippen LogP contribution in [-0.2, 0) is 6.42 Å². The van der Waals surface area contributed by atoms with E-state index >= 15 is 0 Å². The van der Waals surface area contributed by atoms with Crippen LogP contribution in [0.1, 0.15) is 31.2 Å². The molecule has 1 aromatic rings. The number of hydrogen-bond donors (Lipinski definition) is 1. The molecule has 0 saturated heterocycles. The van der Waals surface area contributed by atoms with Gasteiger partial charge >= 0.3 is 0 Å². The molecule has 0 aliphatic heterocycles. The van der Waals surface area contributed by atoms with Gasteiger partial charge in [-0.2, -0.15) is 0 Å². The highest BCUT2D eigenvalue weighted by Crippen LogP contribution is 2.37. The smallest absolute Gasteiger partial charge is 0.0764 e. The van der Waals surface area contributed by atoms with E-state index in [4.69, 9.17) is 0 Å². The lowest BCUT2D eigenvalue weighted by Crippen LogP contribution is -2.52. The number of rotatable bonds is 4. The molecular formula is C14H22N2O. The fourth-order valence-corrected chi connectivity index (χ4v) is 3.00. The van der Waals surface area contributed by atoms with Crippen LogP contribution in [-0.4, -0.2) is 40.7 Å². The molecule has 1 aliphatic rings. The molecule has 1 heterocycles. The standard InChI is InChI=1S/C14H22N2O/c1-16(2)14(7-3-4-8-14)13(17)10-12-6-5-9-15-11-12/h5-6,9,11,13,17H,3-4,7-8,10H2,1-2H3. The molecule has 94 valence electrons. The van der Waals surface area contributed by atoms with Gasteiger partial charge in [0.25, 0.3) is 0 Å². The summed E-state index contributed by atoms with van der Waals surface area (Å²) < 4.78 is 0. The van der Waals surface area contributed by atoms with Crippen LogP contribution in [0.4, 0.5) is 0 Å². The van der Waals surface area contributed by atoms with E-state index < -0.39 is 0 Å². The van der Waals surface area contributed by atoms with Gasteiger partial charge in [-0.15, -0.1) is 0 Å². The van der Waals surface area contributed by atoms with Crippen LogP contribution in [0.2, 0.25) is 0 Å². The van der Waals surface area contributed by atoms with Gasteiger partial charge < -0.3 is 10.0 Å². The summed E-state index contributed by atoms with van der Waals surface area (Å²) in [6, 6.07) is 3.97. The van der Waals surface area contributed by atoms with Crippen LogP contribution >= 0.6 is 0 Å². The minimum atomic E-state index is -0.302. The topological polar surface area (TPSA) is 36.4 Å². The largest absolute Gasteiger partial charge is 0.391 e. The van der Waals surface area contributed by atoms with E-state index in [9.17, 15) is 5.11 Å². The Labute approximate surface area is 103 Å². The third-order valence-corrected chi connectivity index (χ3v) is 4.13. The normalized spacial score (nSPS) is 20.7. The van der Waals surface area contributed by atoms with Gasteiger partial charge in [0.2, 0.25) is 0 Å². The van der Waals surface area contributed by atoms with Crippen molar-refractivity contribution in [1.29, 1.82) is 0 Å². The third kappa shape index (κ3) is 2.50. The molecule has 3 nitrogen and oxygen atoms in total. The van der Waals surface area contributed by atoms with E-state index in [2.05, 4.69) is 24.0 Å². The van der Waals surface area contributed by atoms with Gasteiger partial charge in [0.15, 0.2) is 0 Å². The fourth-order valence-electron chi connectivity index (χ4n) is 3.00. The van der Waals surface area contributed by atoms with Crippen molar-refractivity contribution in [2.75, 3.05) is 14.1 Å². The minimum absolute atomic E-state index is 0.0319. The van der Waals surface area contributed by atoms with Gasteiger partial charge in [-0.1, -0.05) is 18.9 Å². The van der Waals surface area contributed by atoms with Gasteiger partial charge in [-0.3, -0.25) is 4.98 Å². The molecule has 1 unspecified atom stereocenters. The molecule has 1 aromatic heterocycles. The zero-order valence-corrected chi connectivity index (χ0v) is 10.8. The maximum absolute atomic E-state index is 10.6. The Morgan fingerprint density at radius 3 is 2.65 bits per heavy atom. The Morgan fingerprint density at radius 1 is 1.41 bits per heavy atom. The van der Waals surface area contributed by atoms with E-state index in [1.807, 2.05) is 18.3 Å². The van der Waals surface area contributed by atoms with Crippen LogP contribution in [0.25, 0.3) is 0 Å². The summed E-state index contributed by atoms with van der Waals surface area (Å²) in [7, 11) is 4.16. The van der Waals surface area contributed by atoms with Crippen molar-refractivity contribution in [3.05, 3.63) is 30.1 Å². The summed E-state index contributed by atoms with van der Waals surface area (Å²) >= 11 is 0. The van der Waals surface area contributed by atoms with Crippen LogP contribution < -0.4 is 0 Å². The van der Waals surface area contributed by atoms with Crippen molar-refractivity contribution in [1.82, 2.24) is 9.88 Å². The second-order valence-electron chi connectivity index (χ2n) is 5.29. The Balaban J connectivity index is 2.10. The molecule has 1 aliphatic carbocycles. The summed E-state index contributed by atoms with van der Waals surface area (Å²) in [4.78, 5) is 6.32. The molecule has 3 heteroatoms. The van der Waals surface area contributed by atoms with E-state index in [1.54, 1.807) is 6.20 Å². The molecule has 1 N–H and O–H groups in total. The summed E-state index contributed by atoms with van der Waals surface area (Å²) in [6.45, 7) is 0. The summed E-state index contributed by atoms with van der Waals surface area (Å²) in [5, 5.41) is 10.6. The highest BCUT2D eigenvalue weighted by molar-refractivity contribution is 5.12. The zero-order chi connectivity index (χ0) is 12.3. The highest BCUT2D eigenvalue weighted by atomic mass is 16.3. The molecule has 1 saturated carbocycles. The number of likely N-dealkylation sites (N-methyl/N-ethyl adjacent to an activating group) is 1. The minimum Gasteiger partial charge on any atom is -0.391 e. The van der Waals surface area contributed by atoms with Crippen molar-refractivity contribution in [3.63, 3.8) is 0 Å². The van der Waals surface area contributed by atoms with Crippen LogP contribution in [0.15, 0.2) is 24.5 Å². The molecule has 0 bridgehead atoms. The van der Waals surface area contributed by atoms with Gasteiger partial charge in [0.1, 0.15) is 0 Å². The molecule has 0 aromatic carbocycles. The Morgan fingerprint density at radius 2 is 2.12 bits per heavy atom. The number of nitrogens with zero attached hydrogens (tertiary/aromatic N) is 2. The van der Waals surface area contributed by atoms with Gasteiger partial charge in [0.05, 0.1) is 6.10 Å². The maximum atomic E-state index is 10.6. The first-order valence-corrected chi connectivity index (χ1v) is 6.39. The zero-order valence-electron chi connectivity index (χ0n) is 10.8. The molecule has 0 spiro atoms. The molecule has 0 radical (unpaired) electrons. The second kappa shape index (κ2) is 5.15. The van der Waals surface area contributed by atoms with Crippen LogP contribution in [0.3, 0.4) is 0 Å². The fraction of sp³-hybridized carbons (Fsp3) is 0.643. The molecule has 2 rings (SSSR count). The van der Waals surface area contributed by atoms with E-state index in [0.717, 1.165) is 18.4 Å². The molecule has 1 atom stereocenters. The number of aliphatic hydroxyl groups is 1. The highest BCUT2D eigenvalue weighted by Gasteiger charge is 2.42. The first-order valence-electron chi connectivity index (χ1n) is 6.39. The monoisotopic (exact) mass is 234 g/mol. The maximum Gasteiger partial charge on any atom is 0.0764 e. The number of pyridine rings is 1. The average molecular weight is 234 g/mol. The van der Waals surface area contributed by atoms with E-state index in [0.29, 0.717) is 6.42 Å². The Hall–Kier alpha value is -0.930. The first-order chi connectivity index (χ1) is 8.15. The molecule has 0 amide bonds. The lowest BCUT2D eigenvalue weighted by Gasteiger charge is -2.40. The van der Waals surface area contributed by atoms with Gasteiger partial charge in [-0.25, -0.2) is 0 Å². The number of hydrogen-bond acceptors (Lipinski definition) is 3. The quantitative estimate of drug-likeness (QED) is 0.864. The molecule has 17 heavy (non-hydrogen) atoms. The van der Waals surface area contributed by atoms with Gasteiger partial charge in [0, 0.05) is 24.4 Å². The summed E-state index contributed by atoms with van der Waals surface area (Å²) in [6.07, 6.45) is 8.66. The van der Waals surface area contributed by atoms with Crippen molar-refractivity contribution in [2.24, 2.45) is 0 Å². The second-order valence-corrected chi connectivity index (χ2v) is 5.29. The Bertz CT molecular complexity index is 344. The predicted molar refractivity (Wildman–Crippen MR) is 68.8 cm³/mol. The average Bonchev–Trinajstić information content (AvgIpc) is 2.80. The van der Waals surface area contributed by atoms with E-state index in [1.165, 1.54) is 12.8 Å². The van der Waals surface area contributed by atoms with Crippen molar-refractivity contribution < 1.29 is 5.11 Å². The van der Waals surface area contributed by atoms with Crippen LogP contribution in [0, 0.1) is 0 Å². The van der Waals surface area contributed by atoms with Crippen LogP contribution in [0.5, 0.6) is 0 Å². The third-order valence-electron chi connectivity index (χ3n) is 4.13. The number of aliphatic hydroxyl groups excluding tert-OH is 1. The van der Waals surface area contributed by atoms with Crippen molar-refractivity contribution in [2.45, 2.75) is 43.7 Å². The lowest BCUT2D eigenvalue weighted by molar-refractivity contribution is -0.00254. The van der Waals surface area contributed by atoms with Gasteiger partial charge in [-0.05, 0) is 38.6 Å². The SMILES string of the molecule is CN(C)C1(C(O)Cc2cccnc2)CCCC1. The van der Waals surface area contributed by atoms with Crippen molar-refractivity contribution >= 4 is 0 Å². The predicted octanol–water partition coefficient (Wildman–Crippen LogP) is 1.86. The lowest BCUT2D eigenvalue weighted by atomic mass is 9.85. The summed E-state index contributed by atoms with van der Waals surface area (Å²) in [5.41, 5.74) is 1.09. The van der Waals surface area contributed by atoms with E-state index in [-0.39, 0.29) is 11.6 Å². The first kappa shape index (κ1) is 12.5. The molecule has 1 fully saturated rings.